The lowest BCUT2D eigenvalue weighted by atomic mass is 10.1. The minimum atomic E-state index is -0.774. The highest BCUT2D eigenvalue weighted by Crippen LogP contribution is 2.22. The van der Waals surface area contributed by atoms with E-state index < -0.39 is 5.92 Å². The molecule has 0 heterocycles. The first-order chi connectivity index (χ1) is 7.19. The van der Waals surface area contributed by atoms with Crippen LogP contribution in [0.2, 0.25) is 0 Å². The molecule has 1 aromatic rings. The van der Waals surface area contributed by atoms with E-state index in [0.717, 1.165) is 16.8 Å². The number of hydrogen-bond donors (Lipinski definition) is 0. The molecule has 15 heavy (non-hydrogen) atoms. The Labute approximate surface area is 89.3 Å². The van der Waals surface area contributed by atoms with Gasteiger partial charge in [-0.2, -0.15) is 10.5 Å². The number of nitrogens with zero attached hydrogens (tertiary/aromatic N) is 3. The Morgan fingerprint density at radius 1 is 1.20 bits per heavy atom. The molecule has 3 nitrogen and oxygen atoms in total. The Bertz CT molecular complexity index is 426. The molecular weight excluding hydrogens is 186 g/mol. The van der Waals surface area contributed by atoms with Crippen LogP contribution in [-0.2, 0) is 0 Å². The van der Waals surface area contributed by atoms with Gasteiger partial charge in [0.05, 0.1) is 17.8 Å². The zero-order chi connectivity index (χ0) is 11.3. The summed E-state index contributed by atoms with van der Waals surface area (Å²) in [5.74, 6) is -0.774. The van der Waals surface area contributed by atoms with Gasteiger partial charge in [0, 0.05) is 6.21 Å². The Hall–Kier alpha value is -2.13. The number of para-hydroxylation sites is 1. The van der Waals surface area contributed by atoms with Crippen molar-refractivity contribution in [2.24, 2.45) is 10.9 Å². The maximum absolute atomic E-state index is 8.58. The lowest BCUT2D eigenvalue weighted by Crippen LogP contribution is -1.93. The van der Waals surface area contributed by atoms with Gasteiger partial charge >= 0.3 is 0 Å². The summed E-state index contributed by atoms with van der Waals surface area (Å²) in [6.45, 7) is 3.90. The van der Waals surface area contributed by atoms with Crippen molar-refractivity contribution in [3.05, 3.63) is 29.3 Å². The molecule has 0 fully saturated rings. The SMILES string of the molecule is Cc1cccc(C)c1N=CC(C#N)C#N. The molecule has 0 N–H and O–H groups in total. The van der Waals surface area contributed by atoms with E-state index in [4.69, 9.17) is 10.5 Å². The summed E-state index contributed by atoms with van der Waals surface area (Å²) in [5, 5.41) is 17.2. The summed E-state index contributed by atoms with van der Waals surface area (Å²) < 4.78 is 0. The molecule has 0 aliphatic carbocycles. The molecule has 0 radical (unpaired) electrons. The van der Waals surface area contributed by atoms with E-state index in [1.165, 1.54) is 6.21 Å². The van der Waals surface area contributed by atoms with Crippen LogP contribution >= 0.6 is 0 Å². The van der Waals surface area contributed by atoms with Gasteiger partial charge in [-0.3, -0.25) is 4.99 Å². The third-order valence-corrected chi connectivity index (χ3v) is 2.07. The molecular formula is C12H11N3. The van der Waals surface area contributed by atoms with E-state index in [0.29, 0.717) is 0 Å². The average Bonchev–Trinajstić information content (AvgIpc) is 2.23. The predicted octanol–water partition coefficient (Wildman–Crippen LogP) is 2.67. The molecule has 0 saturated carbocycles. The van der Waals surface area contributed by atoms with Crippen molar-refractivity contribution in [2.75, 3.05) is 0 Å². The topological polar surface area (TPSA) is 59.9 Å². The molecule has 0 aromatic heterocycles. The highest BCUT2D eigenvalue weighted by atomic mass is 14.7. The largest absolute Gasteiger partial charge is 0.258 e. The van der Waals surface area contributed by atoms with Gasteiger partial charge in [-0.05, 0) is 25.0 Å². The Kier molecular flexibility index (Phi) is 3.60. The van der Waals surface area contributed by atoms with Crippen LogP contribution in [-0.4, -0.2) is 6.21 Å². The average molecular weight is 197 g/mol. The maximum atomic E-state index is 8.58. The Morgan fingerprint density at radius 2 is 1.73 bits per heavy atom. The molecule has 1 aromatic carbocycles. The summed E-state index contributed by atoms with van der Waals surface area (Å²) >= 11 is 0. The number of hydrogen-bond acceptors (Lipinski definition) is 3. The van der Waals surface area contributed by atoms with Gasteiger partial charge in [-0.1, -0.05) is 18.2 Å². The fraction of sp³-hybridized carbons (Fsp3) is 0.250. The third-order valence-electron chi connectivity index (χ3n) is 2.07. The summed E-state index contributed by atoms with van der Waals surface area (Å²) in [4.78, 5) is 4.18. The van der Waals surface area contributed by atoms with Crippen LogP contribution in [0.5, 0.6) is 0 Å². The number of nitriles is 2. The van der Waals surface area contributed by atoms with E-state index in [2.05, 4.69) is 4.99 Å². The maximum Gasteiger partial charge on any atom is 0.168 e. The predicted molar refractivity (Wildman–Crippen MR) is 58.8 cm³/mol. The number of aryl methyl sites for hydroxylation is 2. The monoisotopic (exact) mass is 197 g/mol. The molecule has 1 rings (SSSR count). The van der Waals surface area contributed by atoms with E-state index in [1.54, 1.807) is 0 Å². The summed E-state index contributed by atoms with van der Waals surface area (Å²) in [6.07, 6.45) is 1.38. The van der Waals surface area contributed by atoms with Crippen molar-refractivity contribution in [3.8, 4) is 12.1 Å². The van der Waals surface area contributed by atoms with Crippen molar-refractivity contribution >= 4 is 11.9 Å². The third kappa shape index (κ3) is 2.65. The van der Waals surface area contributed by atoms with Crippen molar-refractivity contribution in [1.29, 1.82) is 10.5 Å². The van der Waals surface area contributed by atoms with Crippen molar-refractivity contribution < 1.29 is 0 Å². The van der Waals surface area contributed by atoms with Gasteiger partial charge in [0.2, 0.25) is 0 Å². The minimum absolute atomic E-state index is 0.774. The van der Waals surface area contributed by atoms with Gasteiger partial charge in [-0.15, -0.1) is 0 Å². The molecule has 0 saturated heterocycles. The molecule has 0 atom stereocenters. The number of rotatable bonds is 2. The molecule has 0 bridgehead atoms. The molecule has 0 aliphatic heterocycles. The zero-order valence-corrected chi connectivity index (χ0v) is 8.73. The first-order valence-electron chi connectivity index (χ1n) is 4.58. The lowest BCUT2D eigenvalue weighted by Gasteiger charge is -2.03. The van der Waals surface area contributed by atoms with E-state index in [1.807, 2.05) is 44.2 Å². The first kappa shape index (κ1) is 10.9. The second-order valence-electron chi connectivity index (χ2n) is 3.25. The lowest BCUT2D eigenvalue weighted by molar-refractivity contribution is 1.17. The highest BCUT2D eigenvalue weighted by molar-refractivity contribution is 5.73. The van der Waals surface area contributed by atoms with Crippen molar-refractivity contribution in [1.82, 2.24) is 0 Å². The van der Waals surface area contributed by atoms with E-state index >= 15 is 0 Å². The van der Waals surface area contributed by atoms with Gasteiger partial charge in [0.25, 0.3) is 0 Å². The summed E-state index contributed by atoms with van der Waals surface area (Å²) in [5.41, 5.74) is 2.93. The van der Waals surface area contributed by atoms with Crippen LogP contribution in [0.25, 0.3) is 0 Å². The number of aliphatic imine (C=N–C) groups is 1. The standard InChI is InChI=1S/C12H11N3/c1-9-4-3-5-10(2)12(9)15-8-11(6-13)7-14/h3-5,8,11H,1-2H3. The van der Waals surface area contributed by atoms with Crippen LogP contribution in [0.1, 0.15) is 11.1 Å². The van der Waals surface area contributed by atoms with Crippen LogP contribution in [0.15, 0.2) is 23.2 Å². The van der Waals surface area contributed by atoms with Crippen molar-refractivity contribution in [3.63, 3.8) is 0 Å². The fourth-order valence-electron chi connectivity index (χ4n) is 1.25. The van der Waals surface area contributed by atoms with E-state index in [9.17, 15) is 0 Å². The molecule has 0 aliphatic rings. The van der Waals surface area contributed by atoms with Gasteiger partial charge in [0.15, 0.2) is 5.92 Å². The van der Waals surface area contributed by atoms with Crippen LogP contribution < -0.4 is 0 Å². The smallest absolute Gasteiger partial charge is 0.168 e. The second kappa shape index (κ2) is 4.93. The van der Waals surface area contributed by atoms with Gasteiger partial charge < -0.3 is 0 Å². The molecule has 0 spiro atoms. The molecule has 74 valence electrons. The van der Waals surface area contributed by atoms with Crippen LogP contribution in [0, 0.1) is 42.4 Å². The van der Waals surface area contributed by atoms with E-state index in [-0.39, 0.29) is 0 Å². The van der Waals surface area contributed by atoms with Gasteiger partial charge in [0.1, 0.15) is 0 Å². The van der Waals surface area contributed by atoms with Crippen molar-refractivity contribution in [2.45, 2.75) is 13.8 Å². The molecule has 0 unspecified atom stereocenters. The van der Waals surface area contributed by atoms with Crippen LogP contribution in [0.4, 0.5) is 5.69 Å². The van der Waals surface area contributed by atoms with Crippen LogP contribution in [0.3, 0.4) is 0 Å². The Balaban J connectivity index is 3.01. The Morgan fingerprint density at radius 3 is 2.20 bits per heavy atom. The molecule has 3 heteroatoms. The summed E-state index contributed by atoms with van der Waals surface area (Å²) in [6, 6.07) is 9.56. The molecule has 0 amide bonds. The first-order valence-corrected chi connectivity index (χ1v) is 4.58. The summed E-state index contributed by atoms with van der Waals surface area (Å²) in [7, 11) is 0. The quantitative estimate of drug-likeness (QED) is 0.684. The highest BCUT2D eigenvalue weighted by Gasteiger charge is 2.02. The number of benzene rings is 1. The minimum Gasteiger partial charge on any atom is -0.258 e. The fourth-order valence-corrected chi connectivity index (χ4v) is 1.25. The normalized spacial score (nSPS) is 10.2. The second-order valence-corrected chi connectivity index (χ2v) is 3.25. The van der Waals surface area contributed by atoms with Gasteiger partial charge in [-0.25, -0.2) is 0 Å². The zero-order valence-electron chi connectivity index (χ0n) is 8.73.